The van der Waals surface area contributed by atoms with Gasteiger partial charge in [0.2, 0.25) is 0 Å². The summed E-state index contributed by atoms with van der Waals surface area (Å²) < 4.78 is 5.04. The lowest BCUT2D eigenvalue weighted by molar-refractivity contribution is 0.416. The van der Waals surface area contributed by atoms with Crippen molar-refractivity contribution >= 4 is 28.3 Å². The first kappa shape index (κ1) is 9.69. The number of hydrogen-bond acceptors (Lipinski definition) is 3. The van der Waals surface area contributed by atoms with Gasteiger partial charge in [-0.2, -0.15) is 0 Å². The molecule has 0 aliphatic rings. The normalized spacial score (nSPS) is 9.93. The summed E-state index contributed by atoms with van der Waals surface area (Å²) in [6, 6.07) is 3.38. The molecule has 0 aliphatic heterocycles. The van der Waals surface area contributed by atoms with E-state index in [-0.39, 0.29) is 5.82 Å². The molecular formula is C10H6ClN3O. The van der Waals surface area contributed by atoms with E-state index < -0.39 is 0 Å². The van der Waals surface area contributed by atoms with Crippen molar-refractivity contribution in [2.24, 2.45) is 0 Å². The topological polar surface area (TPSA) is 39.4 Å². The van der Waals surface area contributed by atoms with E-state index in [1.165, 1.54) is 7.11 Å². The van der Waals surface area contributed by atoms with E-state index in [0.717, 1.165) is 0 Å². The van der Waals surface area contributed by atoms with Crippen molar-refractivity contribution in [2.45, 2.75) is 0 Å². The zero-order valence-electron chi connectivity index (χ0n) is 7.86. The molecule has 0 bridgehead atoms. The summed E-state index contributed by atoms with van der Waals surface area (Å²) in [6.45, 7) is 6.95. The SMILES string of the molecule is [C-]#[N+]c1nc2ccnc(Cl)c2cc1OC. The number of halogens is 1. The minimum Gasteiger partial charge on any atom is -0.506 e. The lowest BCUT2D eigenvalue weighted by atomic mass is 10.2. The van der Waals surface area contributed by atoms with Crippen LogP contribution in [0.1, 0.15) is 0 Å². The molecule has 2 aromatic rings. The highest BCUT2D eigenvalue weighted by Crippen LogP contribution is 2.31. The molecule has 74 valence electrons. The number of methoxy groups -OCH3 is 1. The van der Waals surface area contributed by atoms with Crippen molar-refractivity contribution in [3.63, 3.8) is 0 Å². The van der Waals surface area contributed by atoms with Crippen LogP contribution < -0.4 is 4.74 Å². The van der Waals surface area contributed by atoms with Crippen LogP contribution in [0, 0.1) is 6.57 Å². The molecule has 0 aromatic carbocycles. The summed E-state index contributed by atoms with van der Waals surface area (Å²) in [4.78, 5) is 11.3. The molecule has 0 unspecified atom stereocenters. The van der Waals surface area contributed by atoms with Gasteiger partial charge in [0.15, 0.2) is 5.52 Å². The Bertz CT molecular complexity index is 562. The first-order valence-corrected chi connectivity index (χ1v) is 4.50. The third-order valence-electron chi connectivity index (χ3n) is 1.97. The highest BCUT2D eigenvalue weighted by Gasteiger charge is 2.11. The average Bonchev–Trinajstić information content (AvgIpc) is 2.28. The first-order valence-electron chi connectivity index (χ1n) is 4.13. The fourth-order valence-corrected chi connectivity index (χ4v) is 1.47. The molecule has 2 rings (SSSR count). The molecule has 4 nitrogen and oxygen atoms in total. The van der Waals surface area contributed by atoms with Gasteiger partial charge in [0.25, 0.3) is 0 Å². The van der Waals surface area contributed by atoms with Gasteiger partial charge in [-0.1, -0.05) is 18.2 Å². The molecule has 15 heavy (non-hydrogen) atoms. The van der Waals surface area contributed by atoms with Crippen molar-refractivity contribution in [3.8, 4) is 5.75 Å². The Morgan fingerprint density at radius 2 is 2.33 bits per heavy atom. The predicted molar refractivity (Wildman–Crippen MR) is 57.4 cm³/mol. The molecule has 0 amide bonds. The standard InChI is InChI=1S/C10H6ClN3O/c1-12-10-8(15-2)5-6-7(14-10)3-4-13-9(6)11/h3-5H,2H3. The summed E-state index contributed by atoms with van der Waals surface area (Å²) in [5.41, 5.74) is 0.641. The number of aromatic nitrogens is 2. The van der Waals surface area contributed by atoms with Gasteiger partial charge in [-0.25, -0.2) is 4.98 Å². The summed E-state index contributed by atoms with van der Waals surface area (Å²) >= 11 is 5.90. The van der Waals surface area contributed by atoms with Crippen LogP contribution in [0.15, 0.2) is 18.3 Å². The molecule has 0 saturated heterocycles. The van der Waals surface area contributed by atoms with E-state index in [1.807, 2.05) is 0 Å². The maximum absolute atomic E-state index is 6.95. The summed E-state index contributed by atoms with van der Waals surface area (Å²) in [6.07, 6.45) is 1.55. The maximum Gasteiger partial charge on any atom is 0.312 e. The average molecular weight is 220 g/mol. The van der Waals surface area contributed by atoms with Gasteiger partial charge in [0.05, 0.1) is 12.5 Å². The van der Waals surface area contributed by atoms with Gasteiger partial charge in [0, 0.05) is 12.3 Å². The number of ether oxygens (including phenoxy) is 1. The van der Waals surface area contributed by atoms with Crippen molar-refractivity contribution in [2.75, 3.05) is 7.11 Å². The van der Waals surface area contributed by atoms with Gasteiger partial charge in [0.1, 0.15) is 10.9 Å². The van der Waals surface area contributed by atoms with E-state index >= 15 is 0 Å². The van der Waals surface area contributed by atoms with Crippen LogP contribution in [0.2, 0.25) is 5.15 Å². The van der Waals surface area contributed by atoms with Crippen LogP contribution in [0.5, 0.6) is 5.75 Å². The minimum absolute atomic E-state index is 0.229. The van der Waals surface area contributed by atoms with Crippen molar-refractivity contribution < 1.29 is 4.74 Å². The van der Waals surface area contributed by atoms with E-state index in [4.69, 9.17) is 22.9 Å². The van der Waals surface area contributed by atoms with Gasteiger partial charge in [-0.05, 0) is 6.07 Å². The van der Waals surface area contributed by atoms with Gasteiger partial charge < -0.3 is 9.58 Å². The van der Waals surface area contributed by atoms with Gasteiger partial charge >= 0.3 is 5.82 Å². The van der Waals surface area contributed by atoms with Crippen LogP contribution in [0.25, 0.3) is 15.7 Å². The number of fused-ring (bicyclic) bond motifs is 1. The summed E-state index contributed by atoms with van der Waals surface area (Å²) in [7, 11) is 1.49. The number of nitrogens with zero attached hydrogens (tertiary/aromatic N) is 3. The first-order chi connectivity index (χ1) is 7.26. The molecular weight excluding hydrogens is 214 g/mol. The van der Waals surface area contributed by atoms with E-state index in [2.05, 4.69) is 14.8 Å². The van der Waals surface area contributed by atoms with Crippen molar-refractivity contribution in [3.05, 3.63) is 34.9 Å². The molecule has 0 N–H and O–H groups in total. The van der Waals surface area contributed by atoms with Crippen LogP contribution >= 0.6 is 11.6 Å². The Morgan fingerprint density at radius 3 is 3.00 bits per heavy atom. The third-order valence-corrected chi connectivity index (χ3v) is 2.27. The quantitative estimate of drug-likeness (QED) is 0.547. The smallest absolute Gasteiger partial charge is 0.312 e. The molecule has 0 radical (unpaired) electrons. The van der Waals surface area contributed by atoms with Crippen LogP contribution in [0.3, 0.4) is 0 Å². The molecule has 2 aromatic heterocycles. The highest BCUT2D eigenvalue weighted by molar-refractivity contribution is 6.34. The monoisotopic (exact) mass is 219 g/mol. The van der Waals surface area contributed by atoms with Crippen molar-refractivity contribution in [1.29, 1.82) is 0 Å². The third kappa shape index (κ3) is 1.58. The second-order valence-electron chi connectivity index (χ2n) is 2.79. The fourth-order valence-electron chi connectivity index (χ4n) is 1.26. The van der Waals surface area contributed by atoms with Crippen molar-refractivity contribution in [1.82, 2.24) is 9.97 Å². The molecule has 5 heteroatoms. The van der Waals surface area contributed by atoms with Crippen LogP contribution in [-0.4, -0.2) is 17.1 Å². The summed E-state index contributed by atoms with van der Waals surface area (Å²) in [5.74, 6) is 0.639. The van der Waals surface area contributed by atoms with Crippen LogP contribution in [0.4, 0.5) is 5.82 Å². The second kappa shape index (κ2) is 3.71. The van der Waals surface area contributed by atoms with Crippen LogP contribution in [-0.2, 0) is 0 Å². The zero-order valence-corrected chi connectivity index (χ0v) is 8.62. The fraction of sp³-hybridized carbons (Fsp3) is 0.100. The molecule has 0 fully saturated rings. The number of rotatable bonds is 1. The second-order valence-corrected chi connectivity index (χ2v) is 3.15. The van der Waals surface area contributed by atoms with E-state index in [0.29, 0.717) is 21.8 Å². The van der Waals surface area contributed by atoms with E-state index in [1.54, 1.807) is 18.3 Å². The van der Waals surface area contributed by atoms with Gasteiger partial charge in [-0.15, -0.1) is 4.98 Å². The molecule has 0 atom stereocenters. The molecule has 0 saturated carbocycles. The number of pyridine rings is 2. The molecule has 0 aliphatic carbocycles. The maximum atomic E-state index is 6.95. The zero-order chi connectivity index (χ0) is 10.8. The summed E-state index contributed by atoms with van der Waals surface area (Å²) in [5, 5.41) is 1.04. The Kier molecular flexibility index (Phi) is 2.40. The lowest BCUT2D eigenvalue weighted by Crippen LogP contribution is -1.88. The predicted octanol–water partition coefficient (Wildman–Crippen LogP) is 2.84. The Morgan fingerprint density at radius 1 is 1.53 bits per heavy atom. The Balaban J connectivity index is 2.83. The van der Waals surface area contributed by atoms with E-state index in [9.17, 15) is 0 Å². The lowest BCUT2D eigenvalue weighted by Gasteiger charge is -2.03. The minimum atomic E-state index is 0.229. The highest BCUT2D eigenvalue weighted by atomic mass is 35.5. The number of hydrogen-bond donors (Lipinski definition) is 0. The van der Waals surface area contributed by atoms with Gasteiger partial charge in [-0.3, -0.25) is 0 Å². The largest absolute Gasteiger partial charge is 0.506 e. The molecule has 0 spiro atoms. The Labute approximate surface area is 91.3 Å². The molecule has 2 heterocycles. The Hall–Kier alpha value is -1.86.